The highest BCUT2D eigenvalue weighted by Crippen LogP contribution is 2.18. The van der Waals surface area contributed by atoms with Crippen LogP contribution in [0.2, 0.25) is 0 Å². The molecule has 27 heavy (non-hydrogen) atoms. The lowest BCUT2D eigenvalue weighted by Crippen LogP contribution is -2.56. The van der Waals surface area contributed by atoms with E-state index in [1.807, 2.05) is 0 Å². The summed E-state index contributed by atoms with van der Waals surface area (Å²) in [6, 6.07) is 6.20. The van der Waals surface area contributed by atoms with Crippen molar-refractivity contribution in [3.8, 4) is 0 Å². The van der Waals surface area contributed by atoms with Crippen LogP contribution in [0.4, 0.5) is 0 Å². The number of hydrogen-bond donors (Lipinski definition) is 2. The Kier molecular flexibility index (Phi) is 5.47. The monoisotopic (exact) mass is 389 g/mol. The van der Waals surface area contributed by atoms with Gasteiger partial charge in [0.25, 0.3) is 5.91 Å². The van der Waals surface area contributed by atoms with Crippen LogP contribution in [0.3, 0.4) is 0 Å². The summed E-state index contributed by atoms with van der Waals surface area (Å²) >= 11 is 0. The van der Waals surface area contributed by atoms with E-state index in [2.05, 4.69) is 15.3 Å². The SMILES string of the molecule is NS(=O)(=O)c1ccc(CCNC(=O)C2CN(C(=O)c3cnccn3)C2)cc1. The van der Waals surface area contributed by atoms with Crippen LogP contribution in [-0.2, 0) is 21.2 Å². The second-order valence-corrected chi connectivity index (χ2v) is 7.79. The number of amides is 2. The van der Waals surface area contributed by atoms with E-state index in [0.717, 1.165) is 5.56 Å². The number of nitrogens with zero attached hydrogens (tertiary/aromatic N) is 3. The largest absolute Gasteiger partial charge is 0.355 e. The Morgan fingerprint density at radius 2 is 1.89 bits per heavy atom. The fourth-order valence-electron chi connectivity index (χ4n) is 2.70. The number of rotatable bonds is 6. The molecule has 10 heteroatoms. The van der Waals surface area contributed by atoms with Crippen LogP contribution in [0.5, 0.6) is 0 Å². The van der Waals surface area contributed by atoms with Crippen molar-refractivity contribution >= 4 is 21.8 Å². The second kappa shape index (κ2) is 7.80. The average Bonchev–Trinajstić information content (AvgIpc) is 2.61. The van der Waals surface area contributed by atoms with Crippen molar-refractivity contribution in [1.29, 1.82) is 0 Å². The third-order valence-corrected chi connectivity index (χ3v) is 5.22. The lowest BCUT2D eigenvalue weighted by Gasteiger charge is -2.37. The van der Waals surface area contributed by atoms with Gasteiger partial charge in [-0.15, -0.1) is 0 Å². The van der Waals surface area contributed by atoms with Gasteiger partial charge in [-0.25, -0.2) is 18.5 Å². The molecule has 1 saturated heterocycles. The number of aromatic nitrogens is 2. The van der Waals surface area contributed by atoms with E-state index in [1.165, 1.54) is 30.7 Å². The molecular formula is C17H19N5O4S. The predicted octanol–water partition coefficient (Wildman–Crippen LogP) is -0.445. The van der Waals surface area contributed by atoms with E-state index in [9.17, 15) is 18.0 Å². The van der Waals surface area contributed by atoms with E-state index >= 15 is 0 Å². The first-order valence-electron chi connectivity index (χ1n) is 8.29. The summed E-state index contributed by atoms with van der Waals surface area (Å²) in [5, 5.41) is 7.88. The molecular weight excluding hydrogens is 370 g/mol. The summed E-state index contributed by atoms with van der Waals surface area (Å²) in [5.41, 5.74) is 1.15. The summed E-state index contributed by atoms with van der Waals surface area (Å²) in [6.07, 6.45) is 4.90. The zero-order valence-electron chi connectivity index (χ0n) is 14.4. The van der Waals surface area contributed by atoms with Crippen LogP contribution in [0.1, 0.15) is 16.1 Å². The number of hydrogen-bond acceptors (Lipinski definition) is 6. The molecule has 0 aliphatic carbocycles. The van der Waals surface area contributed by atoms with Gasteiger partial charge in [-0.3, -0.25) is 14.6 Å². The number of sulfonamides is 1. The summed E-state index contributed by atoms with van der Waals surface area (Å²) in [7, 11) is -3.70. The van der Waals surface area contributed by atoms with Gasteiger partial charge in [-0.05, 0) is 24.1 Å². The van der Waals surface area contributed by atoms with Crippen molar-refractivity contribution in [2.45, 2.75) is 11.3 Å². The Balaban J connectivity index is 1.41. The third kappa shape index (κ3) is 4.66. The number of likely N-dealkylation sites (tertiary alicyclic amines) is 1. The Labute approximate surface area is 156 Å². The summed E-state index contributed by atoms with van der Waals surface area (Å²) in [4.78, 5) is 33.7. The first kappa shape index (κ1) is 18.9. The predicted molar refractivity (Wildman–Crippen MR) is 96.0 cm³/mol. The number of primary sulfonamides is 1. The number of carbonyl (C=O) groups is 2. The van der Waals surface area contributed by atoms with Crippen molar-refractivity contribution in [3.63, 3.8) is 0 Å². The molecule has 1 aliphatic rings. The van der Waals surface area contributed by atoms with Gasteiger partial charge in [-0.2, -0.15) is 0 Å². The molecule has 1 aromatic heterocycles. The van der Waals surface area contributed by atoms with Gasteiger partial charge in [0.05, 0.1) is 17.0 Å². The molecule has 142 valence electrons. The zero-order chi connectivity index (χ0) is 19.4. The highest BCUT2D eigenvalue weighted by molar-refractivity contribution is 7.89. The minimum absolute atomic E-state index is 0.0534. The normalized spacial score (nSPS) is 14.5. The van der Waals surface area contributed by atoms with Gasteiger partial charge in [0.1, 0.15) is 5.69 Å². The van der Waals surface area contributed by atoms with Gasteiger partial charge in [0.15, 0.2) is 0 Å². The van der Waals surface area contributed by atoms with Crippen LogP contribution in [0.25, 0.3) is 0 Å². The van der Waals surface area contributed by atoms with Crippen molar-refractivity contribution in [3.05, 3.63) is 54.1 Å². The fourth-order valence-corrected chi connectivity index (χ4v) is 3.22. The average molecular weight is 389 g/mol. The molecule has 0 atom stereocenters. The molecule has 2 heterocycles. The van der Waals surface area contributed by atoms with E-state index in [-0.39, 0.29) is 28.3 Å². The molecule has 2 amide bonds. The van der Waals surface area contributed by atoms with E-state index < -0.39 is 10.0 Å². The molecule has 1 fully saturated rings. The smallest absolute Gasteiger partial charge is 0.274 e. The molecule has 3 rings (SSSR count). The maximum absolute atomic E-state index is 12.1. The Bertz CT molecular complexity index is 926. The molecule has 0 spiro atoms. The Morgan fingerprint density at radius 1 is 1.19 bits per heavy atom. The highest BCUT2D eigenvalue weighted by atomic mass is 32.2. The van der Waals surface area contributed by atoms with Gasteiger partial charge in [0.2, 0.25) is 15.9 Å². The second-order valence-electron chi connectivity index (χ2n) is 6.23. The van der Waals surface area contributed by atoms with E-state index in [1.54, 1.807) is 17.0 Å². The first-order valence-corrected chi connectivity index (χ1v) is 9.84. The molecule has 2 aromatic rings. The number of benzene rings is 1. The van der Waals surface area contributed by atoms with E-state index in [0.29, 0.717) is 26.1 Å². The van der Waals surface area contributed by atoms with Crippen molar-refractivity contribution < 1.29 is 18.0 Å². The maximum Gasteiger partial charge on any atom is 0.274 e. The fraction of sp³-hybridized carbons (Fsp3) is 0.294. The minimum atomic E-state index is -3.70. The third-order valence-electron chi connectivity index (χ3n) is 4.29. The molecule has 0 radical (unpaired) electrons. The summed E-state index contributed by atoms with van der Waals surface area (Å²) < 4.78 is 22.4. The van der Waals surface area contributed by atoms with Gasteiger partial charge in [-0.1, -0.05) is 12.1 Å². The molecule has 0 unspecified atom stereocenters. The summed E-state index contributed by atoms with van der Waals surface area (Å²) in [5.74, 6) is -0.586. The molecule has 3 N–H and O–H groups in total. The van der Waals surface area contributed by atoms with Gasteiger partial charge >= 0.3 is 0 Å². The number of nitrogens with one attached hydrogen (secondary N) is 1. The van der Waals surface area contributed by atoms with Crippen LogP contribution in [0.15, 0.2) is 47.8 Å². The lowest BCUT2D eigenvalue weighted by molar-refractivity contribution is -0.128. The number of nitrogens with two attached hydrogens (primary N) is 1. The van der Waals surface area contributed by atoms with Gasteiger partial charge in [0, 0.05) is 32.0 Å². The topological polar surface area (TPSA) is 135 Å². The van der Waals surface area contributed by atoms with Crippen LogP contribution in [0, 0.1) is 5.92 Å². The zero-order valence-corrected chi connectivity index (χ0v) is 15.2. The highest BCUT2D eigenvalue weighted by Gasteiger charge is 2.36. The molecule has 9 nitrogen and oxygen atoms in total. The minimum Gasteiger partial charge on any atom is -0.355 e. The Hall–Kier alpha value is -2.85. The Morgan fingerprint density at radius 3 is 2.48 bits per heavy atom. The molecule has 0 saturated carbocycles. The van der Waals surface area contributed by atoms with Gasteiger partial charge < -0.3 is 10.2 Å². The van der Waals surface area contributed by atoms with Crippen molar-refractivity contribution in [1.82, 2.24) is 20.2 Å². The molecule has 1 aliphatic heterocycles. The first-order chi connectivity index (χ1) is 12.8. The standard InChI is InChI=1S/C17H19N5O4S/c18-27(25,26)14-3-1-12(2-4-14)5-6-21-16(23)13-10-22(11-13)17(24)15-9-19-7-8-20-15/h1-4,7-9,13H,5-6,10-11H2,(H,21,23)(H2,18,25,26). The maximum atomic E-state index is 12.1. The summed E-state index contributed by atoms with van der Waals surface area (Å²) in [6.45, 7) is 1.12. The van der Waals surface area contributed by atoms with Crippen LogP contribution in [-0.4, -0.2) is 54.7 Å². The molecule has 1 aromatic carbocycles. The lowest BCUT2D eigenvalue weighted by atomic mass is 9.98. The van der Waals surface area contributed by atoms with Crippen LogP contribution >= 0.6 is 0 Å². The van der Waals surface area contributed by atoms with Crippen molar-refractivity contribution in [2.75, 3.05) is 19.6 Å². The van der Waals surface area contributed by atoms with Crippen molar-refractivity contribution in [2.24, 2.45) is 11.1 Å². The van der Waals surface area contributed by atoms with E-state index in [4.69, 9.17) is 5.14 Å². The molecule has 0 bridgehead atoms. The van der Waals surface area contributed by atoms with Crippen LogP contribution < -0.4 is 10.5 Å². The number of carbonyl (C=O) groups excluding carboxylic acids is 2. The quantitative estimate of drug-likeness (QED) is 0.687.